The molecule has 1 rings (SSSR count). The van der Waals surface area contributed by atoms with Crippen molar-refractivity contribution in [3.63, 3.8) is 0 Å². The average molecular weight is 265 g/mol. The lowest BCUT2D eigenvalue weighted by Crippen LogP contribution is -2.24. The Morgan fingerprint density at radius 3 is 2.27 bits per heavy atom. The molecule has 0 bridgehead atoms. The number of anilines is 1. The van der Waals surface area contributed by atoms with Gasteiger partial charge in [0.05, 0.1) is 17.4 Å². The maximum Gasteiger partial charge on any atom is 0.122 e. The van der Waals surface area contributed by atoms with Crippen molar-refractivity contribution in [2.24, 2.45) is 0 Å². The number of nitrogens with two attached hydrogens (primary N) is 1. The Kier molecular flexibility index (Phi) is 2.13. The van der Waals surface area contributed by atoms with Gasteiger partial charge in [-0.15, -0.1) is 0 Å². The van der Waals surface area contributed by atoms with Crippen LogP contribution in [0.2, 0.25) is 0 Å². The van der Waals surface area contributed by atoms with Gasteiger partial charge in [-0.3, -0.25) is 4.68 Å². The first-order valence-corrected chi connectivity index (χ1v) is 4.50. The van der Waals surface area contributed by atoms with Gasteiger partial charge in [0.25, 0.3) is 0 Å². The fourth-order valence-electron chi connectivity index (χ4n) is 0.814. The Morgan fingerprint density at radius 1 is 1.55 bits per heavy atom. The molecule has 0 saturated heterocycles. The molecule has 0 saturated carbocycles. The van der Waals surface area contributed by atoms with Crippen LogP contribution in [0.4, 0.5) is 5.69 Å². The van der Waals surface area contributed by atoms with Crippen LogP contribution in [-0.2, 0) is 5.54 Å². The van der Waals surface area contributed by atoms with Crippen molar-refractivity contribution >= 4 is 28.3 Å². The highest BCUT2D eigenvalue weighted by molar-refractivity contribution is 14.1. The van der Waals surface area contributed by atoms with Crippen LogP contribution in [0.25, 0.3) is 0 Å². The van der Waals surface area contributed by atoms with E-state index in [4.69, 9.17) is 5.73 Å². The summed E-state index contributed by atoms with van der Waals surface area (Å²) in [5.41, 5.74) is 6.42. The molecule has 1 aromatic rings. The van der Waals surface area contributed by atoms with E-state index < -0.39 is 0 Å². The summed E-state index contributed by atoms with van der Waals surface area (Å²) in [5.74, 6) is 0. The van der Waals surface area contributed by atoms with E-state index in [2.05, 4.69) is 48.5 Å². The Hall–Kier alpha value is -0.260. The van der Waals surface area contributed by atoms with Crippen molar-refractivity contribution in [1.82, 2.24) is 9.78 Å². The molecule has 1 heterocycles. The fourth-order valence-corrected chi connectivity index (χ4v) is 1.80. The highest BCUT2D eigenvalue weighted by Crippen LogP contribution is 2.21. The van der Waals surface area contributed by atoms with Gasteiger partial charge in [-0.25, -0.2) is 0 Å². The normalized spacial score (nSPS) is 12.0. The predicted molar refractivity (Wildman–Crippen MR) is 54.4 cm³/mol. The number of hydrogen-bond acceptors (Lipinski definition) is 2. The van der Waals surface area contributed by atoms with Crippen molar-refractivity contribution in [2.45, 2.75) is 26.3 Å². The summed E-state index contributed by atoms with van der Waals surface area (Å²) in [4.78, 5) is 0. The van der Waals surface area contributed by atoms with Crippen LogP contribution in [0.1, 0.15) is 20.8 Å². The van der Waals surface area contributed by atoms with Gasteiger partial charge in [-0.05, 0) is 43.4 Å². The standard InChI is InChI=1S/C7H12IN3/c1-7(2,3)11-6(8)5(9)4-10-11/h4H,9H2,1-3H3. The summed E-state index contributed by atoms with van der Waals surface area (Å²) in [7, 11) is 0. The molecule has 2 N–H and O–H groups in total. The number of hydrogen-bond donors (Lipinski definition) is 1. The predicted octanol–water partition coefficient (Wildman–Crippen LogP) is 1.82. The monoisotopic (exact) mass is 265 g/mol. The van der Waals surface area contributed by atoms with E-state index in [0.717, 1.165) is 9.39 Å². The largest absolute Gasteiger partial charge is 0.395 e. The molecule has 0 aliphatic carbocycles. The van der Waals surface area contributed by atoms with E-state index in [9.17, 15) is 0 Å². The molecule has 0 amide bonds. The molecule has 11 heavy (non-hydrogen) atoms. The summed E-state index contributed by atoms with van der Waals surface area (Å²) >= 11 is 2.20. The topological polar surface area (TPSA) is 43.8 Å². The first kappa shape index (κ1) is 8.83. The van der Waals surface area contributed by atoms with Gasteiger partial charge in [0.1, 0.15) is 3.70 Å². The van der Waals surface area contributed by atoms with Gasteiger partial charge < -0.3 is 5.73 Å². The summed E-state index contributed by atoms with van der Waals surface area (Å²) in [5, 5.41) is 4.17. The van der Waals surface area contributed by atoms with E-state index in [1.807, 2.05) is 4.68 Å². The van der Waals surface area contributed by atoms with Crippen molar-refractivity contribution in [3.05, 3.63) is 9.90 Å². The first-order valence-electron chi connectivity index (χ1n) is 3.42. The summed E-state index contributed by atoms with van der Waals surface area (Å²) < 4.78 is 2.93. The van der Waals surface area contributed by atoms with Gasteiger partial charge >= 0.3 is 0 Å². The van der Waals surface area contributed by atoms with Gasteiger partial charge in [0.2, 0.25) is 0 Å². The number of halogens is 1. The van der Waals surface area contributed by atoms with Gasteiger partial charge in [-0.2, -0.15) is 5.10 Å². The molecule has 0 aliphatic rings. The maximum absolute atomic E-state index is 5.65. The third-order valence-electron chi connectivity index (χ3n) is 1.37. The van der Waals surface area contributed by atoms with Crippen LogP contribution in [-0.4, -0.2) is 9.78 Å². The van der Waals surface area contributed by atoms with Gasteiger partial charge in [0.15, 0.2) is 0 Å². The molecule has 0 radical (unpaired) electrons. The molecular formula is C7H12IN3. The molecule has 1 aromatic heterocycles. The van der Waals surface area contributed by atoms with E-state index in [1.54, 1.807) is 6.20 Å². The minimum atomic E-state index is 0.0220. The number of nitrogens with zero attached hydrogens (tertiary/aromatic N) is 2. The molecule has 0 atom stereocenters. The van der Waals surface area contributed by atoms with Crippen LogP contribution in [0.3, 0.4) is 0 Å². The first-order chi connectivity index (χ1) is 4.93. The highest BCUT2D eigenvalue weighted by Gasteiger charge is 2.17. The zero-order valence-electron chi connectivity index (χ0n) is 6.93. The van der Waals surface area contributed by atoms with E-state index in [1.165, 1.54) is 0 Å². The van der Waals surface area contributed by atoms with Crippen LogP contribution in [0, 0.1) is 3.70 Å². The molecule has 0 aliphatic heterocycles. The molecule has 62 valence electrons. The molecule has 4 heteroatoms. The van der Waals surface area contributed by atoms with Crippen LogP contribution in [0.5, 0.6) is 0 Å². The minimum Gasteiger partial charge on any atom is -0.395 e. The smallest absolute Gasteiger partial charge is 0.122 e. The zero-order valence-corrected chi connectivity index (χ0v) is 9.08. The van der Waals surface area contributed by atoms with Crippen LogP contribution in [0.15, 0.2) is 6.20 Å². The van der Waals surface area contributed by atoms with E-state index in [0.29, 0.717) is 0 Å². The maximum atomic E-state index is 5.65. The summed E-state index contributed by atoms with van der Waals surface area (Å²) in [6.45, 7) is 6.30. The van der Waals surface area contributed by atoms with Crippen molar-refractivity contribution in [2.75, 3.05) is 5.73 Å². The van der Waals surface area contributed by atoms with Crippen LogP contribution >= 0.6 is 22.6 Å². The zero-order chi connectivity index (χ0) is 8.65. The number of nitrogen functional groups attached to an aromatic ring is 1. The van der Waals surface area contributed by atoms with Crippen molar-refractivity contribution < 1.29 is 0 Å². The third kappa shape index (κ3) is 1.66. The Bertz CT molecular complexity index is 259. The molecule has 3 nitrogen and oxygen atoms in total. The highest BCUT2D eigenvalue weighted by atomic mass is 127. The van der Waals surface area contributed by atoms with Crippen molar-refractivity contribution in [3.8, 4) is 0 Å². The number of rotatable bonds is 0. The second-order valence-electron chi connectivity index (χ2n) is 3.47. The second kappa shape index (κ2) is 2.66. The Morgan fingerprint density at radius 2 is 2.09 bits per heavy atom. The summed E-state index contributed by atoms with van der Waals surface area (Å²) in [6.07, 6.45) is 1.69. The SMILES string of the molecule is CC(C)(C)n1ncc(N)c1I. The van der Waals surface area contributed by atoms with Crippen molar-refractivity contribution in [1.29, 1.82) is 0 Å². The molecule has 0 spiro atoms. The molecular weight excluding hydrogens is 253 g/mol. The van der Waals surface area contributed by atoms with Gasteiger partial charge in [0, 0.05) is 0 Å². The van der Waals surface area contributed by atoms with E-state index >= 15 is 0 Å². The average Bonchev–Trinajstić information content (AvgIpc) is 2.11. The lowest BCUT2D eigenvalue weighted by molar-refractivity contribution is 0.348. The third-order valence-corrected chi connectivity index (χ3v) is 2.45. The second-order valence-corrected chi connectivity index (χ2v) is 4.50. The molecule has 0 fully saturated rings. The quantitative estimate of drug-likeness (QED) is 0.727. The minimum absolute atomic E-state index is 0.0220. The lowest BCUT2D eigenvalue weighted by Gasteiger charge is -2.20. The number of aromatic nitrogens is 2. The molecule has 0 aromatic carbocycles. The fraction of sp³-hybridized carbons (Fsp3) is 0.571. The Balaban J connectivity index is 3.15. The molecule has 0 unspecified atom stereocenters. The van der Waals surface area contributed by atoms with Crippen LogP contribution < -0.4 is 5.73 Å². The van der Waals surface area contributed by atoms with E-state index in [-0.39, 0.29) is 5.54 Å². The lowest BCUT2D eigenvalue weighted by atomic mass is 10.1. The Labute approximate surface area is 80.1 Å². The van der Waals surface area contributed by atoms with Gasteiger partial charge in [-0.1, -0.05) is 0 Å². The summed E-state index contributed by atoms with van der Waals surface area (Å²) in [6, 6.07) is 0.